The number of ether oxygens (including phenoxy) is 2. The molecule has 0 radical (unpaired) electrons. The molecule has 1 aromatic carbocycles. The first-order valence-electron chi connectivity index (χ1n) is 8.83. The van der Waals surface area contributed by atoms with E-state index in [4.69, 9.17) is 21.7 Å². The van der Waals surface area contributed by atoms with Crippen molar-refractivity contribution in [2.75, 3.05) is 40.0 Å². The van der Waals surface area contributed by atoms with E-state index in [1.54, 1.807) is 12.0 Å². The summed E-state index contributed by atoms with van der Waals surface area (Å²) in [6, 6.07) is 7.57. The lowest BCUT2D eigenvalue weighted by Gasteiger charge is -2.27. The first kappa shape index (κ1) is 19.9. The largest absolute Gasteiger partial charge is 0.497 e. The summed E-state index contributed by atoms with van der Waals surface area (Å²) in [5.74, 6) is 0.888. The van der Waals surface area contributed by atoms with Gasteiger partial charge in [0.15, 0.2) is 0 Å². The zero-order valence-electron chi connectivity index (χ0n) is 15.2. The summed E-state index contributed by atoms with van der Waals surface area (Å²) in [5, 5.41) is -0.0846. The standard InChI is InChI=1S/C19H22N2O4S2/c1-24-15-6-4-14(5-7-15)13-16-18(26)21(19(23)27-16)8-2-3-17(22)20-9-11-25-12-10-20/h4-7,13H,2-3,8-12H2,1H3. The maximum absolute atomic E-state index is 12.3. The first-order chi connectivity index (χ1) is 13.1. The van der Waals surface area contributed by atoms with E-state index in [-0.39, 0.29) is 11.1 Å². The summed E-state index contributed by atoms with van der Waals surface area (Å²) in [7, 11) is 1.62. The molecule has 2 fully saturated rings. The fourth-order valence-corrected chi connectivity index (χ4v) is 4.19. The molecule has 0 spiro atoms. The zero-order chi connectivity index (χ0) is 19.2. The Kier molecular flexibility index (Phi) is 6.87. The summed E-state index contributed by atoms with van der Waals surface area (Å²) < 4.78 is 10.4. The Morgan fingerprint density at radius 1 is 1.30 bits per heavy atom. The highest BCUT2D eigenvalue weighted by Gasteiger charge is 2.31. The lowest BCUT2D eigenvalue weighted by molar-refractivity contribution is -0.135. The topological polar surface area (TPSA) is 59.1 Å². The van der Waals surface area contributed by atoms with Crippen LogP contribution in [0.15, 0.2) is 29.2 Å². The molecule has 0 atom stereocenters. The fraction of sp³-hybridized carbons (Fsp3) is 0.421. The van der Waals surface area contributed by atoms with Gasteiger partial charge in [-0.2, -0.15) is 0 Å². The molecule has 2 aliphatic heterocycles. The van der Waals surface area contributed by atoms with E-state index in [1.807, 2.05) is 35.2 Å². The number of carbonyl (C=O) groups is 2. The summed E-state index contributed by atoms with van der Waals surface area (Å²) >= 11 is 6.61. The monoisotopic (exact) mass is 406 g/mol. The minimum atomic E-state index is -0.0846. The van der Waals surface area contributed by atoms with Gasteiger partial charge >= 0.3 is 0 Å². The second-order valence-electron chi connectivity index (χ2n) is 6.20. The van der Waals surface area contributed by atoms with E-state index in [0.29, 0.717) is 50.7 Å². The number of rotatable bonds is 6. The molecule has 0 saturated carbocycles. The Morgan fingerprint density at radius 3 is 2.67 bits per heavy atom. The van der Waals surface area contributed by atoms with Crippen LogP contribution in [0.3, 0.4) is 0 Å². The van der Waals surface area contributed by atoms with Crippen molar-refractivity contribution >= 4 is 46.2 Å². The van der Waals surface area contributed by atoms with E-state index >= 15 is 0 Å². The molecule has 144 valence electrons. The Labute approximate surface area is 168 Å². The van der Waals surface area contributed by atoms with Crippen LogP contribution in [-0.4, -0.2) is 65.9 Å². The smallest absolute Gasteiger partial charge is 0.291 e. The maximum Gasteiger partial charge on any atom is 0.291 e. The van der Waals surface area contributed by atoms with Crippen molar-refractivity contribution in [2.24, 2.45) is 0 Å². The van der Waals surface area contributed by atoms with Crippen molar-refractivity contribution in [3.8, 4) is 5.75 Å². The third kappa shape index (κ3) is 5.09. The number of benzene rings is 1. The minimum absolute atomic E-state index is 0.0846. The highest BCUT2D eigenvalue weighted by atomic mass is 32.2. The van der Waals surface area contributed by atoms with Crippen LogP contribution in [0.1, 0.15) is 18.4 Å². The highest BCUT2D eigenvalue weighted by Crippen LogP contribution is 2.33. The Balaban J connectivity index is 1.54. The van der Waals surface area contributed by atoms with E-state index < -0.39 is 0 Å². The van der Waals surface area contributed by atoms with E-state index in [2.05, 4.69) is 0 Å². The summed E-state index contributed by atoms with van der Waals surface area (Å²) in [4.78, 5) is 29.2. The van der Waals surface area contributed by atoms with E-state index in [0.717, 1.165) is 28.0 Å². The van der Waals surface area contributed by atoms with Gasteiger partial charge < -0.3 is 14.4 Å². The fourth-order valence-electron chi connectivity index (χ4n) is 2.90. The molecule has 0 N–H and O–H groups in total. The quantitative estimate of drug-likeness (QED) is 0.534. The van der Waals surface area contributed by atoms with Crippen LogP contribution in [0.2, 0.25) is 0 Å². The molecular weight excluding hydrogens is 384 g/mol. The Bertz CT molecular complexity index is 743. The lowest BCUT2D eigenvalue weighted by atomic mass is 10.2. The second-order valence-corrected chi connectivity index (χ2v) is 7.58. The summed E-state index contributed by atoms with van der Waals surface area (Å²) in [6.45, 7) is 2.93. The summed E-state index contributed by atoms with van der Waals surface area (Å²) in [6.07, 6.45) is 2.91. The molecule has 2 saturated heterocycles. The number of morpholine rings is 1. The number of amides is 2. The normalized spacial score (nSPS) is 19.1. The minimum Gasteiger partial charge on any atom is -0.497 e. The number of nitrogens with zero attached hydrogens (tertiary/aromatic N) is 2. The Hall–Kier alpha value is -1.90. The average molecular weight is 407 g/mol. The highest BCUT2D eigenvalue weighted by molar-refractivity contribution is 8.19. The molecule has 6 nitrogen and oxygen atoms in total. The van der Waals surface area contributed by atoms with Crippen molar-refractivity contribution in [3.63, 3.8) is 0 Å². The van der Waals surface area contributed by atoms with Gasteiger partial charge in [0, 0.05) is 26.1 Å². The van der Waals surface area contributed by atoms with Gasteiger partial charge in [-0.1, -0.05) is 24.4 Å². The molecule has 2 heterocycles. The van der Waals surface area contributed by atoms with E-state index in [1.165, 1.54) is 0 Å². The van der Waals surface area contributed by atoms with Gasteiger partial charge in [0.25, 0.3) is 5.24 Å². The molecule has 3 rings (SSSR count). The number of hydrogen-bond acceptors (Lipinski definition) is 6. The average Bonchev–Trinajstić information content (AvgIpc) is 2.96. The van der Waals surface area contributed by atoms with Crippen molar-refractivity contribution in [2.45, 2.75) is 12.8 Å². The van der Waals surface area contributed by atoms with Gasteiger partial charge in [-0.05, 0) is 42.0 Å². The number of methoxy groups -OCH3 is 1. The van der Waals surface area contributed by atoms with Crippen molar-refractivity contribution in [3.05, 3.63) is 34.7 Å². The van der Waals surface area contributed by atoms with Gasteiger partial charge in [0.05, 0.1) is 25.2 Å². The number of carbonyl (C=O) groups excluding carboxylic acids is 2. The SMILES string of the molecule is COc1ccc(C=C2SC(=O)N(CCCC(=O)N3CCOCC3)C2=S)cc1. The van der Waals surface area contributed by atoms with Gasteiger partial charge in [-0.25, -0.2) is 0 Å². The zero-order valence-corrected chi connectivity index (χ0v) is 16.8. The van der Waals surface area contributed by atoms with Gasteiger partial charge in [-0.15, -0.1) is 0 Å². The van der Waals surface area contributed by atoms with Gasteiger partial charge in [0.2, 0.25) is 5.91 Å². The summed E-state index contributed by atoms with van der Waals surface area (Å²) in [5.41, 5.74) is 0.956. The first-order valence-corrected chi connectivity index (χ1v) is 10.1. The maximum atomic E-state index is 12.3. The van der Waals surface area contributed by atoms with Crippen LogP contribution in [0.25, 0.3) is 6.08 Å². The number of thiocarbonyl (C=S) groups is 1. The number of hydrogen-bond donors (Lipinski definition) is 0. The van der Waals surface area contributed by atoms with Crippen LogP contribution in [0.4, 0.5) is 4.79 Å². The van der Waals surface area contributed by atoms with Crippen LogP contribution in [0, 0.1) is 0 Å². The van der Waals surface area contributed by atoms with Crippen molar-refractivity contribution < 1.29 is 19.1 Å². The molecular formula is C19H22N2O4S2. The molecule has 2 amide bonds. The molecule has 0 aliphatic carbocycles. The molecule has 1 aromatic rings. The molecule has 27 heavy (non-hydrogen) atoms. The predicted octanol–water partition coefficient (Wildman–Crippen LogP) is 3.17. The van der Waals surface area contributed by atoms with Crippen molar-refractivity contribution in [1.29, 1.82) is 0 Å². The third-order valence-corrected chi connectivity index (χ3v) is 5.92. The molecule has 8 heteroatoms. The second kappa shape index (κ2) is 9.34. The van der Waals surface area contributed by atoms with Crippen LogP contribution < -0.4 is 4.74 Å². The lowest BCUT2D eigenvalue weighted by Crippen LogP contribution is -2.41. The van der Waals surface area contributed by atoms with Crippen LogP contribution in [-0.2, 0) is 9.53 Å². The van der Waals surface area contributed by atoms with Crippen LogP contribution in [0.5, 0.6) is 5.75 Å². The van der Waals surface area contributed by atoms with Crippen molar-refractivity contribution in [1.82, 2.24) is 9.80 Å². The molecule has 0 bridgehead atoms. The van der Waals surface area contributed by atoms with E-state index in [9.17, 15) is 9.59 Å². The number of thioether (sulfide) groups is 1. The predicted molar refractivity (Wildman–Crippen MR) is 110 cm³/mol. The van der Waals surface area contributed by atoms with Gasteiger partial charge in [-0.3, -0.25) is 14.5 Å². The van der Waals surface area contributed by atoms with Gasteiger partial charge in [0.1, 0.15) is 10.7 Å². The molecule has 0 unspecified atom stereocenters. The molecule has 2 aliphatic rings. The Morgan fingerprint density at radius 2 is 2.00 bits per heavy atom. The third-order valence-electron chi connectivity index (χ3n) is 4.42. The van der Waals surface area contributed by atoms with Crippen LogP contribution >= 0.6 is 24.0 Å². The molecule has 0 aromatic heterocycles.